The molecule has 29 heavy (non-hydrogen) atoms. The van der Waals surface area contributed by atoms with Crippen LogP contribution in [0.2, 0.25) is 19.6 Å². The summed E-state index contributed by atoms with van der Waals surface area (Å²) in [5, 5.41) is 6.13. The van der Waals surface area contributed by atoms with E-state index < -0.39 is 8.07 Å². The highest BCUT2D eigenvalue weighted by Crippen LogP contribution is 2.40. The predicted octanol–water partition coefficient (Wildman–Crippen LogP) is 3.39. The van der Waals surface area contributed by atoms with Crippen LogP contribution in [0, 0.1) is 0 Å². The van der Waals surface area contributed by atoms with Gasteiger partial charge in [-0.3, -0.25) is 4.90 Å². The van der Waals surface area contributed by atoms with Crippen molar-refractivity contribution in [3.63, 3.8) is 0 Å². The maximum absolute atomic E-state index is 12.6. The summed E-state index contributed by atoms with van der Waals surface area (Å²) in [6.07, 6.45) is 3.36. The van der Waals surface area contributed by atoms with Crippen LogP contribution in [-0.4, -0.2) is 67.7 Å². The highest BCUT2D eigenvalue weighted by molar-refractivity contribution is 6.88. The van der Waals surface area contributed by atoms with E-state index in [9.17, 15) is 4.79 Å². The van der Waals surface area contributed by atoms with E-state index in [-0.39, 0.29) is 12.1 Å². The van der Waals surface area contributed by atoms with Crippen LogP contribution in [-0.2, 0) is 6.42 Å². The Kier molecular flexibility index (Phi) is 5.11. The summed E-state index contributed by atoms with van der Waals surface area (Å²) in [6, 6.07) is 7.06. The lowest BCUT2D eigenvalue weighted by Crippen LogP contribution is -2.53. The molecule has 2 aromatic rings. The van der Waals surface area contributed by atoms with Crippen molar-refractivity contribution < 1.29 is 4.79 Å². The fourth-order valence-electron chi connectivity index (χ4n) is 5.03. The molecular weight excluding hydrogens is 376 g/mol. The first-order valence-corrected chi connectivity index (χ1v) is 14.4. The third-order valence-electron chi connectivity index (χ3n) is 6.50. The second-order valence-electron chi connectivity index (χ2n) is 9.47. The highest BCUT2D eigenvalue weighted by atomic mass is 28.3. The Morgan fingerprint density at radius 2 is 2.00 bits per heavy atom. The number of hydrogen-bond acceptors (Lipinski definition) is 2. The van der Waals surface area contributed by atoms with Gasteiger partial charge in [-0.25, -0.2) is 4.79 Å². The van der Waals surface area contributed by atoms with Crippen LogP contribution in [0.3, 0.4) is 0 Å². The molecule has 5 nitrogen and oxygen atoms in total. The molecule has 0 fully saturated rings. The molecule has 0 saturated heterocycles. The molecule has 2 aliphatic rings. The van der Waals surface area contributed by atoms with E-state index in [4.69, 9.17) is 0 Å². The average molecular weight is 411 g/mol. The van der Waals surface area contributed by atoms with Gasteiger partial charge in [0.1, 0.15) is 0 Å². The maximum Gasteiger partial charge on any atom is 0.317 e. The van der Waals surface area contributed by atoms with Crippen molar-refractivity contribution >= 4 is 35.9 Å². The summed E-state index contributed by atoms with van der Waals surface area (Å²) < 4.78 is 0. The number of fused-ring (bicyclic) bond motifs is 2. The topological polar surface area (TPSA) is 51.4 Å². The van der Waals surface area contributed by atoms with Crippen LogP contribution in [0.25, 0.3) is 16.5 Å². The number of H-pyrrole nitrogens is 1. The van der Waals surface area contributed by atoms with E-state index in [1.54, 1.807) is 0 Å². The molecule has 0 bridgehead atoms. The number of carbonyl (C=O) groups excluding carboxylic acids is 1. The molecule has 0 saturated carbocycles. The van der Waals surface area contributed by atoms with E-state index in [1.165, 1.54) is 32.9 Å². The molecule has 1 aliphatic heterocycles. The third kappa shape index (κ3) is 3.42. The SMILES string of the molecule is CCN(CC)C(=O)N[C@H]1C=C2c3cccc4[nH]c([Si](C)(C)C)c(c34)C[C@H]2N(C)C1. The van der Waals surface area contributed by atoms with Gasteiger partial charge < -0.3 is 15.2 Å². The van der Waals surface area contributed by atoms with Crippen LogP contribution in [0.15, 0.2) is 24.3 Å². The van der Waals surface area contributed by atoms with Crippen molar-refractivity contribution in [2.45, 2.75) is 52.0 Å². The van der Waals surface area contributed by atoms with Gasteiger partial charge in [-0.1, -0.05) is 37.8 Å². The Hall–Kier alpha value is -2.05. The molecule has 2 N–H and O–H groups in total. The smallest absolute Gasteiger partial charge is 0.317 e. The van der Waals surface area contributed by atoms with Crippen LogP contribution in [0.1, 0.15) is 25.0 Å². The largest absolute Gasteiger partial charge is 0.362 e. The van der Waals surface area contributed by atoms with Crippen LogP contribution < -0.4 is 10.6 Å². The zero-order valence-corrected chi connectivity index (χ0v) is 19.6. The van der Waals surface area contributed by atoms with Crippen LogP contribution in [0.4, 0.5) is 4.79 Å². The third-order valence-corrected chi connectivity index (χ3v) is 8.43. The van der Waals surface area contributed by atoms with Crippen LogP contribution >= 0.6 is 0 Å². The Balaban J connectivity index is 1.76. The maximum atomic E-state index is 12.6. The minimum absolute atomic E-state index is 0.0288. The predicted molar refractivity (Wildman–Crippen MR) is 125 cm³/mol. The molecular formula is C23H34N4OSi. The second kappa shape index (κ2) is 7.33. The molecule has 2 atom stereocenters. The summed E-state index contributed by atoms with van der Waals surface area (Å²) in [7, 11) is 0.733. The van der Waals surface area contributed by atoms with E-state index in [0.29, 0.717) is 6.04 Å². The Bertz CT molecular complexity index is 967. The minimum atomic E-state index is -1.46. The second-order valence-corrected chi connectivity index (χ2v) is 14.5. The normalized spacial score (nSPS) is 21.7. The Morgan fingerprint density at radius 1 is 1.28 bits per heavy atom. The lowest BCUT2D eigenvalue weighted by Gasteiger charge is -2.41. The summed E-state index contributed by atoms with van der Waals surface area (Å²) in [5.74, 6) is 0. The summed E-state index contributed by atoms with van der Waals surface area (Å²) in [6.45, 7) is 13.6. The zero-order chi connectivity index (χ0) is 20.9. The van der Waals surface area contributed by atoms with Gasteiger partial charge in [0.15, 0.2) is 0 Å². The van der Waals surface area contributed by atoms with Crippen molar-refractivity contribution in [1.29, 1.82) is 0 Å². The van der Waals surface area contributed by atoms with Gasteiger partial charge >= 0.3 is 6.03 Å². The quantitative estimate of drug-likeness (QED) is 0.759. The van der Waals surface area contributed by atoms with Crippen molar-refractivity contribution in [3.05, 3.63) is 35.4 Å². The van der Waals surface area contributed by atoms with Crippen molar-refractivity contribution in [1.82, 2.24) is 20.1 Å². The van der Waals surface area contributed by atoms with E-state index in [0.717, 1.165) is 26.1 Å². The number of hydrogen-bond donors (Lipinski definition) is 2. The number of aromatic nitrogens is 1. The van der Waals surface area contributed by atoms with Gasteiger partial charge in [0.05, 0.1) is 14.1 Å². The van der Waals surface area contributed by atoms with Crippen molar-refractivity contribution in [2.75, 3.05) is 26.7 Å². The van der Waals surface area contributed by atoms with E-state index >= 15 is 0 Å². The minimum Gasteiger partial charge on any atom is -0.362 e. The van der Waals surface area contributed by atoms with Crippen molar-refractivity contribution in [3.8, 4) is 0 Å². The summed E-state index contributed by atoms with van der Waals surface area (Å²) in [5.41, 5.74) is 5.48. The molecule has 156 valence electrons. The van der Waals surface area contributed by atoms with Gasteiger partial charge in [0.2, 0.25) is 0 Å². The first kappa shape index (κ1) is 20.2. The first-order chi connectivity index (χ1) is 13.7. The number of nitrogens with zero attached hydrogens (tertiary/aromatic N) is 2. The fraction of sp³-hybridized carbons (Fsp3) is 0.522. The number of carbonyl (C=O) groups is 1. The molecule has 4 rings (SSSR count). The number of urea groups is 1. The molecule has 2 heterocycles. The number of rotatable bonds is 4. The number of nitrogens with one attached hydrogen (secondary N) is 2. The first-order valence-electron chi connectivity index (χ1n) is 10.9. The lowest BCUT2D eigenvalue weighted by atomic mass is 9.81. The standard InChI is InChI=1S/C23H34N4OSi/c1-7-27(8-2)23(28)24-15-12-17-16-10-9-11-19-21(16)18(13-20(17)26(3)14-15)22(25-19)29(4,5)6/h9-12,15,20,25H,7-8,13-14H2,1-6H3,(H,24,28)/t15-,20+/m0/s1. The van der Waals surface area contributed by atoms with Crippen molar-refractivity contribution in [2.24, 2.45) is 0 Å². The van der Waals surface area contributed by atoms with E-state index in [2.05, 4.69) is 66.2 Å². The van der Waals surface area contributed by atoms with Gasteiger partial charge in [-0.15, -0.1) is 0 Å². The van der Waals surface area contributed by atoms with Gasteiger partial charge in [-0.2, -0.15) is 0 Å². The molecule has 0 spiro atoms. The van der Waals surface area contributed by atoms with Crippen LogP contribution in [0.5, 0.6) is 0 Å². The van der Waals surface area contributed by atoms with Gasteiger partial charge in [0.25, 0.3) is 0 Å². The number of likely N-dealkylation sites (N-methyl/N-ethyl adjacent to an activating group) is 1. The molecule has 6 heteroatoms. The lowest BCUT2D eigenvalue weighted by molar-refractivity contribution is 0.193. The highest BCUT2D eigenvalue weighted by Gasteiger charge is 2.37. The van der Waals surface area contributed by atoms with Gasteiger partial charge in [-0.05, 0) is 50.1 Å². The monoisotopic (exact) mass is 410 g/mol. The fourth-order valence-corrected chi connectivity index (χ4v) is 6.68. The number of benzene rings is 1. The van der Waals surface area contributed by atoms with Gasteiger partial charge in [0, 0.05) is 41.9 Å². The number of amides is 2. The molecule has 0 radical (unpaired) electrons. The zero-order valence-electron chi connectivity index (χ0n) is 18.6. The molecule has 2 amide bonds. The van der Waals surface area contributed by atoms with E-state index in [1.807, 2.05) is 18.7 Å². The molecule has 0 unspecified atom stereocenters. The average Bonchev–Trinajstić information content (AvgIpc) is 3.04. The molecule has 1 aromatic carbocycles. The molecule has 1 aromatic heterocycles. The summed E-state index contributed by atoms with van der Waals surface area (Å²) >= 11 is 0. The molecule has 1 aliphatic carbocycles. The summed E-state index contributed by atoms with van der Waals surface area (Å²) in [4.78, 5) is 20.6. The Labute approximate surface area is 175 Å². The number of aromatic amines is 1. The Morgan fingerprint density at radius 3 is 2.66 bits per heavy atom.